The van der Waals surface area contributed by atoms with E-state index in [0.717, 1.165) is 6.42 Å². The minimum absolute atomic E-state index is 0.0146. The summed E-state index contributed by atoms with van der Waals surface area (Å²) in [5.41, 5.74) is 16.8. The molecular formula is C69H94ClF5IN29O11. The number of nitrogen functional groups attached to an aromatic ring is 4. The summed E-state index contributed by atoms with van der Waals surface area (Å²) in [6.07, 6.45) is -4.99. The maximum absolute atomic E-state index is 15.1. The Morgan fingerprint density at radius 3 is 1.13 bits per heavy atom. The lowest BCUT2D eigenvalue weighted by atomic mass is 9.88. The highest BCUT2D eigenvalue weighted by Gasteiger charge is 2.59. The number of nitrogens with two attached hydrogens (primary N) is 4. The van der Waals surface area contributed by atoms with Crippen molar-refractivity contribution in [1.82, 2.24) is 97.6 Å². The summed E-state index contributed by atoms with van der Waals surface area (Å²) in [6.45, 7) is 20.4. The number of aliphatic hydroxyl groups excluding tert-OH is 5. The second-order valence-corrected chi connectivity index (χ2v) is 31.5. The van der Waals surface area contributed by atoms with Crippen LogP contribution in [0, 0.1) is 11.8 Å². The van der Waals surface area contributed by atoms with Crippen molar-refractivity contribution in [2.24, 2.45) is 11.8 Å². The average molecular weight is 1760 g/mol. The van der Waals surface area contributed by atoms with Crippen LogP contribution in [0.1, 0.15) is 99.9 Å². The van der Waals surface area contributed by atoms with E-state index in [9.17, 15) is 39.1 Å². The molecule has 5 fully saturated rings. The second-order valence-electron chi connectivity index (χ2n) is 30.2. The van der Waals surface area contributed by atoms with Gasteiger partial charge in [0, 0.05) is 72.6 Å². The molecule has 0 saturated carbocycles. The summed E-state index contributed by atoms with van der Waals surface area (Å²) in [4.78, 5) is 81.5. The number of alkyl halides is 6. The summed E-state index contributed by atoms with van der Waals surface area (Å²) in [5.74, 6) is 1.36. The van der Waals surface area contributed by atoms with Gasteiger partial charge in [0.25, 0.3) is 0 Å². The van der Waals surface area contributed by atoms with E-state index in [1.807, 2.05) is 13.8 Å². The number of aromatic nitrogens is 20. The molecule has 0 bridgehead atoms. The molecule has 47 heteroatoms. The zero-order valence-electron chi connectivity index (χ0n) is 66.4. The molecule has 14 N–H and O–H groups in total. The lowest BCUT2D eigenvalue weighted by Crippen LogP contribution is -2.40. The molecule has 0 aliphatic carbocycles. The number of aliphatic hydroxyl groups is 5. The van der Waals surface area contributed by atoms with Crippen LogP contribution >= 0.6 is 34.2 Å². The number of amides is 1. The standard InChI is InChI=1S/C17H23FN6O3.C13H17ClFN5O.C13H18FIN6O2.C13H19FN6O3.C13H17FN6O2/c1-8(2)14(26)22-16-20-12(23(5)6)10-13(21-16)24(7-19-10)15-17(4,18)11(25)9(3)27-15;1-4-7-6(2)13(3,15)11(21-7)20-5-17-8-9(14)18-12(16)19-10(8)20;1-13(14)8(22)6(4-15)23-11(13)21-5-17-7-9(20(2)3)18-12(16)19-10(7)21;1-13(14)8(22)6(4-21)23-11(13)20-5-16-7-9(19(2)3)17-12(15)18-10(7)20;1-6-8(21)13(2,14)11(22-6)20-5-16-7-9(19(3)4)17-12(15)18-10(7)20/h7-8,11,15,25H,3H2,1-2,4-6H3,(H,20,21,22,26);5-7,11H,4H2,1-3H3,(H2,16,18,19);5-6,8,11,22H,4H2,1-3H3,(H2,16,18,19);5-6,8,11,21-22H,4H2,1-3H3,(H2,15,17,18);5,8,11,21H,1H2,2-4H3,(H2,15,17,18)/t11-,15-,17-;6-,7-,11-,13-;2*6-,8-,11-,13-;8-,11-,13-/m11111/s1. The van der Waals surface area contributed by atoms with E-state index in [-0.39, 0.29) is 75.9 Å². The quantitative estimate of drug-likeness (QED) is 0.0285. The predicted octanol–water partition coefficient (Wildman–Crippen LogP) is 5.31. The van der Waals surface area contributed by atoms with Crippen LogP contribution in [0.15, 0.2) is 56.3 Å². The van der Waals surface area contributed by atoms with Crippen LogP contribution in [0.2, 0.25) is 5.15 Å². The fourth-order valence-electron chi connectivity index (χ4n) is 13.7. The molecule has 10 aromatic heterocycles. The van der Waals surface area contributed by atoms with Crippen molar-refractivity contribution >= 4 is 149 Å². The van der Waals surface area contributed by atoms with Crippen LogP contribution in [0.5, 0.6) is 0 Å². The van der Waals surface area contributed by atoms with Crippen LogP contribution < -0.4 is 47.9 Å². The van der Waals surface area contributed by atoms with E-state index in [1.165, 1.54) is 84.5 Å². The van der Waals surface area contributed by atoms with Gasteiger partial charge in [0.05, 0.1) is 37.8 Å². The summed E-state index contributed by atoms with van der Waals surface area (Å²) in [5, 5.41) is 52.0. The zero-order chi connectivity index (χ0) is 85.6. The number of halogens is 7. The third-order valence-corrected chi connectivity index (χ3v) is 21.5. The molecule has 116 heavy (non-hydrogen) atoms. The molecule has 0 aromatic carbocycles. The lowest BCUT2D eigenvalue weighted by molar-refractivity contribution is -0.118. The fraction of sp³-hybridized carbons (Fsp3) is 0.565. The Labute approximate surface area is 678 Å². The van der Waals surface area contributed by atoms with Crippen molar-refractivity contribution in [2.45, 2.75) is 171 Å². The van der Waals surface area contributed by atoms with Gasteiger partial charge < -0.3 is 91.8 Å². The molecule has 5 aliphatic rings. The monoisotopic (exact) mass is 1760 g/mol. The number of fused-ring (bicyclic) bond motifs is 5. The Balaban J connectivity index is 0.000000143. The van der Waals surface area contributed by atoms with Gasteiger partial charge in [0.1, 0.15) is 60.2 Å². The van der Waals surface area contributed by atoms with Gasteiger partial charge in [-0.3, -0.25) is 32.9 Å². The van der Waals surface area contributed by atoms with Gasteiger partial charge >= 0.3 is 0 Å². The number of anilines is 9. The Hall–Kier alpha value is -9.95. The van der Waals surface area contributed by atoms with Gasteiger partial charge in [-0.05, 0) is 41.0 Å². The third-order valence-electron chi connectivity index (χ3n) is 20.4. The zero-order valence-corrected chi connectivity index (χ0v) is 69.3. The smallest absolute Gasteiger partial charge is 0.233 e. The van der Waals surface area contributed by atoms with E-state index in [1.54, 1.807) is 94.4 Å². The maximum Gasteiger partial charge on any atom is 0.233 e. The van der Waals surface area contributed by atoms with E-state index in [0.29, 0.717) is 77.9 Å². The number of nitrogens with one attached hydrogen (secondary N) is 1. The minimum atomic E-state index is -2.13. The summed E-state index contributed by atoms with van der Waals surface area (Å²) < 4.78 is 110. The number of hydrogen-bond acceptors (Lipinski definition) is 34. The first-order chi connectivity index (χ1) is 54.2. The van der Waals surface area contributed by atoms with E-state index in [2.05, 4.69) is 116 Å². The normalized spacial score (nSPS) is 29.4. The van der Waals surface area contributed by atoms with Gasteiger partial charge in [-0.1, -0.05) is 75.0 Å². The lowest BCUT2D eigenvalue weighted by Gasteiger charge is -2.25. The number of imidazole rings is 5. The number of nitrogens with zero attached hydrogens (tertiary/aromatic N) is 24. The Morgan fingerprint density at radius 1 is 0.509 bits per heavy atom. The van der Waals surface area contributed by atoms with Gasteiger partial charge in [-0.2, -0.15) is 49.8 Å². The molecule has 1 amide bonds. The van der Waals surface area contributed by atoms with E-state index >= 15 is 13.2 Å². The number of ether oxygens (including phenoxy) is 5. The van der Waals surface area contributed by atoms with Crippen molar-refractivity contribution in [3.8, 4) is 0 Å². The molecule has 5 saturated heterocycles. The predicted molar refractivity (Wildman–Crippen MR) is 427 cm³/mol. The first-order valence-corrected chi connectivity index (χ1v) is 38.0. The Kier molecular flexibility index (Phi) is 24.4. The van der Waals surface area contributed by atoms with Crippen LogP contribution in [0.25, 0.3) is 55.8 Å². The second kappa shape index (κ2) is 32.5. The van der Waals surface area contributed by atoms with Crippen LogP contribution in [-0.2, 0) is 28.5 Å². The molecule has 15 heterocycles. The fourth-order valence-corrected chi connectivity index (χ4v) is 14.6. The number of carbonyl (C=O) groups excluding carboxylic acids is 1. The van der Waals surface area contributed by atoms with E-state index in [4.69, 9.17) is 58.2 Å². The highest BCUT2D eigenvalue weighted by Crippen LogP contribution is 2.50. The van der Waals surface area contributed by atoms with E-state index < -0.39 is 103 Å². The van der Waals surface area contributed by atoms with Crippen molar-refractivity contribution in [3.63, 3.8) is 0 Å². The highest BCUT2D eigenvalue weighted by molar-refractivity contribution is 14.1. The number of rotatable bonds is 14. The van der Waals surface area contributed by atoms with Gasteiger partial charge in [0.15, 0.2) is 126 Å². The SMILES string of the molecule is C=C1O[C@@H](n2cnc3c(N(C)C)nc(N)nc32)[C@](C)(F)[C@@H]1O.C=C1O[C@@H](n2cnc3c(N(C)C)nc(NC(=O)C(C)C)nc32)[C@](C)(F)[C@@H]1O.CC[C@H]1O[C@@H](n2cnc3c(Cl)nc(N)nc32)[C@](C)(F)[C@@H]1C.CN(C)c1nc(N)nc2c1ncn2[C@@H]1O[C@H](CI)[C@@H](O)[C@@]1(C)F.CN(C)c1nc(N)nc2c1ncn2[C@@H]1O[C@H](CO)[C@@H](O)[C@@]1(C)F. The molecule has 40 nitrogen and oxygen atoms in total. The largest absolute Gasteiger partial charge is 0.469 e. The van der Waals surface area contributed by atoms with Crippen LogP contribution in [0.3, 0.4) is 0 Å². The Bertz CT molecular complexity index is 5190. The molecular weight excluding hydrogens is 1670 g/mol. The first-order valence-electron chi connectivity index (χ1n) is 36.1. The molecule has 630 valence electrons. The van der Waals surface area contributed by atoms with Crippen molar-refractivity contribution in [2.75, 3.05) is 115 Å². The molecule has 0 spiro atoms. The average Bonchev–Trinajstić information content (AvgIpc) is 1.62. The summed E-state index contributed by atoms with van der Waals surface area (Å²) >= 11 is 8.05. The maximum atomic E-state index is 15.1. The molecule has 0 unspecified atom stereocenters. The minimum Gasteiger partial charge on any atom is -0.469 e. The Morgan fingerprint density at radius 2 is 0.819 bits per heavy atom. The summed E-state index contributed by atoms with van der Waals surface area (Å²) in [7, 11) is 14.3. The van der Waals surface area contributed by atoms with Crippen LogP contribution in [0.4, 0.5) is 75.0 Å². The molecule has 5 aliphatic heterocycles. The number of carbonyl (C=O) groups is 1. The van der Waals surface area contributed by atoms with Crippen molar-refractivity contribution in [3.05, 3.63) is 61.5 Å². The first kappa shape index (κ1) is 86.9. The highest BCUT2D eigenvalue weighted by atomic mass is 127. The van der Waals surface area contributed by atoms with Gasteiger partial charge in [-0.15, -0.1) is 0 Å². The molecule has 0 radical (unpaired) electrons. The van der Waals surface area contributed by atoms with Crippen molar-refractivity contribution < 1.29 is 76.0 Å². The molecule has 15 rings (SSSR count). The number of hydrogen-bond donors (Lipinski definition) is 10. The van der Waals surface area contributed by atoms with Gasteiger partial charge in [0.2, 0.25) is 48.1 Å². The van der Waals surface area contributed by atoms with Crippen LogP contribution in [-0.4, -0.2) is 268 Å². The van der Waals surface area contributed by atoms with Gasteiger partial charge in [-0.25, -0.2) is 46.9 Å². The molecule has 10 aromatic rings. The van der Waals surface area contributed by atoms with Crippen molar-refractivity contribution in [1.29, 1.82) is 0 Å². The topological polar surface area (TPSA) is 511 Å². The third kappa shape index (κ3) is 15.7. The molecule has 18 atom stereocenters. The summed E-state index contributed by atoms with van der Waals surface area (Å²) in [6, 6.07) is 0.